The number of rotatable bonds is 3. The lowest BCUT2D eigenvalue weighted by Crippen LogP contribution is -2.41. The van der Waals surface area contributed by atoms with Gasteiger partial charge in [-0.1, -0.05) is 18.2 Å². The van der Waals surface area contributed by atoms with Crippen molar-refractivity contribution in [1.29, 1.82) is 0 Å². The molecule has 6 heteroatoms. The minimum atomic E-state index is -1.13. The molecule has 4 nitrogen and oxygen atoms in total. The Labute approximate surface area is 117 Å². The minimum Gasteiger partial charge on any atom is -0.399 e. The lowest BCUT2D eigenvalue weighted by atomic mass is 9.78. The van der Waals surface area contributed by atoms with E-state index in [4.69, 9.17) is 9.31 Å². The molecule has 1 aromatic carbocycles. The van der Waals surface area contributed by atoms with Crippen molar-refractivity contribution in [2.24, 2.45) is 0 Å². The normalized spacial score (nSPS) is 22.3. The second kappa shape index (κ2) is 4.92. The van der Waals surface area contributed by atoms with Crippen LogP contribution in [0.3, 0.4) is 0 Å². The summed E-state index contributed by atoms with van der Waals surface area (Å²) < 4.78 is 26.3. The molecule has 1 unspecified atom stereocenters. The number of anilines is 1. The van der Waals surface area contributed by atoms with Crippen molar-refractivity contribution in [3.05, 3.63) is 24.3 Å². The Hall–Kier alpha value is -0.845. The van der Waals surface area contributed by atoms with Crippen molar-refractivity contribution in [2.45, 2.75) is 38.9 Å². The number of nitrogens with one attached hydrogen (secondary N) is 1. The molecule has 0 aliphatic carbocycles. The molecule has 1 heterocycles. The molecule has 0 bridgehead atoms. The number of hydrogen-bond acceptors (Lipinski definition) is 3. The molecule has 0 radical (unpaired) electrons. The van der Waals surface area contributed by atoms with Crippen LogP contribution >= 0.6 is 0 Å². The Kier molecular flexibility index (Phi) is 3.77. The van der Waals surface area contributed by atoms with Crippen molar-refractivity contribution in [1.82, 2.24) is 0 Å². The number of para-hydroxylation sites is 1. The SMILES string of the molecule is CS(=O)Nc1ccccc1B1OC(C)(C)C(C)(C)O1. The van der Waals surface area contributed by atoms with Gasteiger partial charge in [0.1, 0.15) is 11.0 Å². The largest absolute Gasteiger partial charge is 0.496 e. The maximum atomic E-state index is 11.4. The first-order valence-electron chi connectivity index (χ1n) is 6.27. The smallest absolute Gasteiger partial charge is 0.399 e. The predicted octanol–water partition coefficient (Wildman–Crippen LogP) is 1.69. The third-order valence-corrected chi connectivity index (χ3v) is 4.23. The van der Waals surface area contributed by atoms with E-state index in [-0.39, 0.29) is 11.2 Å². The molecule has 0 amide bonds. The summed E-state index contributed by atoms with van der Waals surface area (Å²) in [6.07, 6.45) is 1.60. The summed E-state index contributed by atoms with van der Waals surface area (Å²) in [6.45, 7) is 8.06. The van der Waals surface area contributed by atoms with Crippen LogP contribution in [0.5, 0.6) is 0 Å². The van der Waals surface area contributed by atoms with E-state index in [1.807, 2.05) is 52.0 Å². The second-order valence-electron chi connectivity index (χ2n) is 5.73. The van der Waals surface area contributed by atoms with Gasteiger partial charge in [-0.25, -0.2) is 4.21 Å². The molecular formula is C13H20BNO3S. The first-order chi connectivity index (χ1) is 8.73. The summed E-state index contributed by atoms with van der Waals surface area (Å²) in [4.78, 5) is 0. The summed E-state index contributed by atoms with van der Waals surface area (Å²) in [5.74, 6) is 0. The van der Waals surface area contributed by atoms with Crippen LogP contribution in [-0.2, 0) is 20.3 Å². The Morgan fingerprint density at radius 1 is 1.11 bits per heavy atom. The molecule has 104 valence electrons. The highest BCUT2D eigenvalue weighted by Gasteiger charge is 2.52. The maximum absolute atomic E-state index is 11.4. The van der Waals surface area contributed by atoms with Crippen LogP contribution in [0.4, 0.5) is 5.69 Å². The average molecular weight is 281 g/mol. The molecular weight excluding hydrogens is 261 g/mol. The van der Waals surface area contributed by atoms with E-state index < -0.39 is 18.1 Å². The van der Waals surface area contributed by atoms with Gasteiger partial charge in [0.25, 0.3) is 0 Å². The Balaban J connectivity index is 2.32. The average Bonchev–Trinajstić information content (AvgIpc) is 2.48. The zero-order chi connectivity index (χ0) is 14.3. The van der Waals surface area contributed by atoms with Crippen molar-refractivity contribution < 1.29 is 13.5 Å². The monoisotopic (exact) mass is 281 g/mol. The summed E-state index contributed by atoms with van der Waals surface area (Å²) in [5.41, 5.74) is 0.893. The predicted molar refractivity (Wildman–Crippen MR) is 79.8 cm³/mol. The van der Waals surface area contributed by atoms with Crippen LogP contribution in [0.2, 0.25) is 0 Å². The fourth-order valence-corrected chi connectivity index (χ4v) is 2.42. The summed E-state index contributed by atoms with van der Waals surface area (Å²) in [7, 11) is -1.57. The van der Waals surface area contributed by atoms with Crippen LogP contribution < -0.4 is 10.2 Å². The van der Waals surface area contributed by atoms with Crippen molar-refractivity contribution in [3.63, 3.8) is 0 Å². The molecule has 1 atom stereocenters. The van der Waals surface area contributed by atoms with E-state index >= 15 is 0 Å². The molecule has 1 saturated heterocycles. The summed E-state index contributed by atoms with van der Waals surface area (Å²) in [6, 6.07) is 7.62. The van der Waals surface area contributed by atoms with Gasteiger partial charge in [0, 0.05) is 17.4 Å². The van der Waals surface area contributed by atoms with Crippen LogP contribution in [0.25, 0.3) is 0 Å². The van der Waals surface area contributed by atoms with Crippen LogP contribution in [-0.4, -0.2) is 28.8 Å². The fraction of sp³-hybridized carbons (Fsp3) is 0.538. The topological polar surface area (TPSA) is 47.6 Å². The third-order valence-electron chi connectivity index (χ3n) is 3.72. The molecule has 0 saturated carbocycles. The standard InChI is InChI=1S/C13H20BNO3S/c1-12(2)13(3,4)18-14(17-12)10-8-6-7-9-11(10)15-19(5)16/h6-9,15H,1-5H3. The molecule has 1 aromatic rings. The summed E-state index contributed by atoms with van der Waals surface area (Å²) in [5, 5.41) is 0. The zero-order valence-electron chi connectivity index (χ0n) is 12.0. The lowest BCUT2D eigenvalue weighted by molar-refractivity contribution is 0.00578. The van der Waals surface area contributed by atoms with Crippen LogP contribution in [0.15, 0.2) is 24.3 Å². The maximum Gasteiger partial charge on any atom is 0.496 e. The first-order valence-corrected chi connectivity index (χ1v) is 7.83. The lowest BCUT2D eigenvalue weighted by Gasteiger charge is -2.32. The third kappa shape index (κ3) is 2.85. The zero-order valence-corrected chi connectivity index (χ0v) is 12.8. The Morgan fingerprint density at radius 2 is 1.63 bits per heavy atom. The van der Waals surface area contributed by atoms with E-state index in [1.165, 1.54) is 0 Å². The van der Waals surface area contributed by atoms with E-state index in [0.29, 0.717) is 0 Å². The highest BCUT2D eigenvalue weighted by Crippen LogP contribution is 2.36. The van der Waals surface area contributed by atoms with Gasteiger partial charge >= 0.3 is 7.12 Å². The minimum absolute atomic E-state index is 0.379. The quantitative estimate of drug-likeness (QED) is 0.858. The summed E-state index contributed by atoms with van der Waals surface area (Å²) >= 11 is 0. The van der Waals surface area contributed by atoms with Gasteiger partial charge < -0.3 is 14.0 Å². The van der Waals surface area contributed by atoms with Crippen LogP contribution in [0, 0.1) is 0 Å². The van der Waals surface area contributed by atoms with Crippen molar-refractivity contribution in [2.75, 3.05) is 11.0 Å². The molecule has 1 N–H and O–H groups in total. The number of benzene rings is 1. The van der Waals surface area contributed by atoms with E-state index in [9.17, 15) is 4.21 Å². The van der Waals surface area contributed by atoms with E-state index in [1.54, 1.807) is 6.26 Å². The Morgan fingerprint density at radius 3 is 2.16 bits per heavy atom. The molecule has 0 aromatic heterocycles. The van der Waals surface area contributed by atoms with Crippen molar-refractivity contribution >= 4 is 29.3 Å². The fourth-order valence-electron chi connectivity index (χ4n) is 1.92. The van der Waals surface area contributed by atoms with E-state index in [2.05, 4.69) is 4.72 Å². The highest BCUT2D eigenvalue weighted by atomic mass is 32.2. The van der Waals surface area contributed by atoms with Gasteiger partial charge in [0.2, 0.25) is 0 Å². The Bertz CT molecular complexity index is 488. The van der Waals surface area contributed by atoms with Gasteiger partial charge in [-0.15, -0.1) is 0 Å². The molecule has 1 aliphatic rings. The van der Waals surface area contributed by atoms with Crippen LogP contribution in [0.1, 0.15) is 27.7 Å². The van der Waals surface area contributed by atoms with Gasteiger partial charge in [-0.05, 0) is 33.8 Å². The van der Waals surface area contributed by atoms with E-state index in [0.717, 1.165) is 11.2 Å². The van der Waals surface area contributed by atoms with Gasteiger partial charge in [-0.3, -0.25) is 0 Å². The van der Waals surface area contributed by atoms with Gasteiger partial charge in [0.15, 0.2) is 0 Å². The van der Waals surface area contributed by atoms with Gasteiger partial charge in [0.05, 0.1) is 11.2 Å². The van der Waals surface area contributed by atoms with Gasteiger partial charge in [-0.2, -0.15) is 0 Å². The first kappa shape index (κ1) is 14.6. The molecule has 19 heavy (non-hydrogen) atoms. The van der Waals surface area contributed by atoms with Crippen molar-refractivity contribution in [3.8, 4) is 0 Å². The molecule has 0 spiro atoms. The number of hydrogen-bond donors (Lipinski definition) is 1. The highest BCUT2D eigenvalue weighted by molar-refractivity contribution is 7.85. The molecule has 1 aliphatic heterocycles. The second-order valence-corrected chi connectivity index (χ2v) is 6.84. The molecule has 1 fully saturated rings. The molecule has 2 rings (SSSR count).